The van der Waals surface area contributed by atoms with Crippen molar-refractivity contribution in [3.63, 3.8) is 0 Å². The molecule has 1 atom stereocenters. The van der Waals surface area contributed by atoms with Crippen LogP contribution >= 0.6 is 11.8 Å². The maximum atomic E-state index is 12.8. The first-order valence-corrected chi connectivity index (χ1v) is 11.3. The zero-order valence-electron chi connectivity index (χ0n) is 17.8. The van der Waals surface area contributed by atoms with E-state index in [1.807, 2.05) is 56.3 Å². The van der Waals surface area contributed by atoms with Crippen LogP contribution in [0.4, 0.5) is 5.69 Å². The molecule has 1 N–H and O–H groups in total. The van der Waals surface area contributed by atoms with E-state index < -0.39 is 5.25 Å². The molecule has 0 aliphatic heterocycles. The summed E-state index contributed by atoms with van der Waals surface area (Å²) in [7, 11) is 0. The molecule has 0 saturated carbocycles. The fourth-order valence-corrected chi connectivity index (χ4v) is 4.20. The molecule has 0 saturated heterocycles. The minimum atomic E-state index is -0.405. The molecule has 160 valence electrons. The Labute approximate surface area is 185 Å². The fourth-order valence-electron chi connectivity index (χ4n) is 3.49. The van der Waals surface area contributed by atoms with E-state index in [-0.39, 0.29) is 5.91 Å². The molecule has 1 unspecified atom stereocenters. The number of anilines is 1. The molecule has 0 bridgehead atoms. The van der Waals surface area contributed by atoms with Crippen LogP contribution < -0.4 is 10.1 Å². The maximum Gasteiger partial charge on any atom is 0.237 e. The standard InChI is InChI=1S/C23H25N5O2S/c1-4-14-28-18-12-8-6-10-16(18)20-21(28)25-23(27-26-20)31-15(3)22(29)24-17-11-7-9-13-19(17)30-5-2/h6-13,15H,4-5,14H2,1-3H3,(H,24,29). The predicted molar refractivity (Wildman–Crippen MR) is 125 cm³/mol. The van der Waals surface area contributed by atoms with E-state index in [0.29, 0.717) is 23.2 Å². The Morgan fingerprint density at radius 1 is 1.13 bits per heavy atom. The number of hydrogen-bond donors (Lipinski definition) is 1. The molecule has 31 heavy (non-hydrogen) atoms. The fraction of sp³-hybridized carbons (Fsp3) is 0.304. The number of carbonyl (C=O) groups is 1. The average Bonchev–Trinajstić information content (AvgIpc) is 3.09. The smallest absolute Gasteiger partial charge is 0.237 e. The molecule has 0 radical (unpaired) electrons. The third-order valence-electron chi connectivity index (χ3n) is 4.90. The number of thioether (sulfide) groups is 1. The molecule has 7 nitrogen and oxygen atoms in total. The second kappa shape index (κ2) is 9.34. The van der Waals surface area contributed by atoms with Crippen LogP contribution in [0.5, 0.6) is 5.75 Å². The van der Waals surface area contributed by atoms with Gasteiger partial charge in [-0.3, -0.25) is 4.79 Å². The summed E-state index contributed by atoms with van der Waals surface area (Å²) in [6.45, 7) is 7.25. The van der Waals surface area contributed by atoms with E-state index >= 15 is 0 Å². The molecule has 1 amide bonds. The van der Waals surface area contributed by atoms with Gasteiger partial charge >= 0.3 is 0 Å². The predicted octanol–water partition coefficient (Wildman–Crippen LogP) is 4.91. The van der Waals surface area contributed by atoms with Crippen LogP contribution in [0.2, 0.25) is 0 Å². The molecular weight excluding hydrogens is 410 g/mol. The third-order valence-corrected chi connectivity index (χ3v) is 5.85. The van der Waals surface area contributed by atoms with Gasteiger partial charge in [0.25, 0.3) is 0 Å². The monoisotopic (exact) mass is 435 g/mol. The highest BCUT2D eigenvalue weighted by molar-refractivity contribution is 8.00. The largest absolute Gasteiger partial charge is 0.492 e. The van der Waals surface area contributed by atoms with Crippen molar-refractivity contribution in [2.24, 2.45) is 0 Å². The van der Waals surface area contributed by atoms with Gasteiger partial charge in [0.05, 0.1) is 23.1 Å². The lowest BCUT2D eigenvalue weighted by molar-refractivity contribution is -0.115. The molecule has 4 aromatic rings. The Morgan fingerprint density at radius 3 is 2.71 bits per heavy atom. The number of fused-ring (bicyclic) bond motifs is 3. The molecule has 4 rings (SSSR count). The van der Waals surface area contributed by atoms with E-state index in [0.717, 1.165) is 35.0 Å². The van der Waals surface area contributed by atoms with Gasteiger partial charge in [0, 0.05) is 11.9 Å². The summed E-state index contributed by atoms with van der Waals surface area (Å²) < 4.78 is 7.76. The lowest BCUT2D eigenvalue weighted by Gasteiger charge is -2.14. The number of aryl methyl sites for hydroxylation is 1. The van der Waals surface area contributed by atoms with E-state index in [1.54, 1.807) is 0 Å². The van der Waals surface area contributed by atoms with Crippen molar-refractivity contribution in [2.45, 2.75) is 44.1 Å². The van der Waals surface area contributed by atoms with Gasteiger partial charge in [-0.1, -0.05) is 49.0 Å². The van der Waals surface area contributed by atoms with Crippen LogP contribution in [0.25, 0.3) is 22.1 Å². The third kappa shape index (κ3) is 4.34. The lowest BCUT2D eigenvalue weighted by Crippen LogP contribution is -2.23. The summed E-state index contributed by atoms with van der Waals surface area (Å²) in [5.41, 5.74) is 3.34. The average molecular weight is 436 g/mol. The number of amides is 1. The highest BCUT2D eigenvalue weighted by Gasteiger charge is 2.20. The molecule has 0 fully saturated rings. The van der Waals surface area contributed by atoms with Crippen LogP contribution in [0.15, 0.2) is 53.7 Å². The quantitative estimate of drug-likeness (QED) is 0.396. The first-order chi connectivity index (χ1) is 15.1. The Hall–Kier alpha value is -3.13. The SMILES string of the molecule is CCCn1c2ccccc2c2nnc(SC(C)C(=O)Nc3ccccc3OCC)nc21. The van der Waals surface area contributed by atoms with E-state index in [2.05, 4.69) is 33.1 Å². The number of hydrogen-bond acceptors (Lipinski definition) is 6. The van der Waals surface area contributed by atoms with Crippen molar-refractivity contribution in [3.05, 3.63) is 48.5 Å². The number of aromatic nitrogens is 4. The minimum Gasteiger partial charge on any atom is -0.492 e. The number of rotatable bonds is 8. The second-order valence-electron chi connectivity index (χ2n) is 7.11. The molecule has 8 heteroatoms. The highest BCUT2D eigenvalue weighted by Crippen LogP contribution is 2.29. The first-order valence-electron chi connectivity index (χ1n) is 10.4. The summed E-state index contributed by atoms with van der Waals surface area (Å²) in [6, 6.07) is 15.5. The van der Waals surface area contributed by atoms with Crippen molar-refractivity contribution in [2.75, 3.05) is 11.9 Å². The molecule has 2 aromatic heterocycles. The van der Waals surface area contributed by atoms with E-state index in [9.17, 15) is 4.79 Å². The number of benzene rings is 2. The summed E-state index contributed by atoms with van der Waals surface area (Å²) >= 11 is 1.29. The lowest BCUT2D eigenvalue weighted by atomic mass is 10.2. The molecule has 0 spiro atoms. The van der Waals surface area contributed by atoms with Crippen LogP contribution in [0.3, 0.4) is 0 Å². The van der Waals surface area contributed by atoms with Gasteiger partial charge < -0.3 is 14.6 Å². The van der Waals surface area contributed by atoms with Gasteiger partial charge in [-0.15, -0.1) is 10.2 Å². The van der Waals surface area contributed by atoms with Gasteiger partial charge in [-0.2, -0.15) is 0 Å². The number of para-hydroxylation sites is 3. The van der Waals surface area contributed by atoms with Crippen molar-refractivity contribution in [3.8, 4) is 5.75 Å². The van der Waals surface area contributed by atoms with Gasteiger partial charge in [0.15, 0.2) is 5.65 Å². The number of ether oxygens (including phenoxy) is 1. The van der Waals surface area contributed by atoms with E-state index in [4.69, 9.17) is 9.72 Å². The van der Waals surface area contributed by atoms with Crippen molar-refractivity contribution in [1.82, 2.24) is 19.7 Å². The van der Waals surface area contributed by atoms with Crippen molar-refractivity contribution in [1.29, 1.82) is 0 Å². The van der Waals surface area contributed by atoms with Gasteiger partial charge in [-0.25, -0.2) is 4.98 Å². The summed E-state index contributed by atoms with van der Waals surface area (Å²) in [5, 5.41) is 12.8. The summed E-state index contributed by atoms with van der Waals surface area (Å²) in [6.07, 6.45) is 0.984. The van der Waals surface area contributed by atoms with Crippen LogP contribution in [-0.2, 0) is 11.3 Å². The Morgan fingerprint density at radius 2 is 1.90 bits per heavy atom. The van der Waals surface area contributed by atoms with Gasteiger partial charge in [-0.05, 0) is 38.5 Å². The molecule has 2 aromatic carbocycles. The highest BCUT2D eigenvalue weighted by atomic mass is 32.2. The topological polar surface area (TPSA) is 81.9 Å². The zero-order valence-corrected chi connectivity index (χ0v) is 18.6. The van der Waals surface area contributed by atoms with Crippen LogP contribution in [0.1, 0.15) is 27.2 Å². The van der Waals surface area contributed by atoms with Crippen LogP contribution in [-0.4, -0.2) is 37.5 Å². The molecule has 0 aliphatic rings. The number of nitrogens with one attached hydrogen (secondary N) is 1. The summed E-state index contributed by atoms with van der Waals surface area (Å²) in [5.74, 6) is 0.508. The maximum absolute atomic E-state index is 12.8. The number of nitrogens with zero attached hydrogens (tertiary/aromatic N) is 4. The molecule has 2 heterocycles. The molecule has 0 aliphatic carbocycles. The number of carbonyl (C=O) groups excluding carboxylic acids is 1. The Balaban J connectivity index is 1.57. The zero-order chi connectivity index (χ0) is 21.8. The summed E-state index contributed by atoms with van der Waals surface area (Å²) in [4.78, 5) is 17.5. The van der Waals surface area contributed by atoms with Gasteiger partial charge in [0.1, 0.15) is 11.3 Å². The normalized spacial score (nSPS) is 12.2. The minimum absolute atomic E-state index is 0.144. The Kier molecular flexibility index (Phi) is 6.36. The first kappa shape index (κ1) is 21.1. The van der Waals surface area contributed by atoms with Crippen molar-refractivity contribution >= 4 is 45.4 Å². The Bertz CT molecular complexity index is 1220. The molecular formula is C23H25N5O2S. The van der Waals surface area contributed by atoms with Crippen LogP contribution in [0, 0.1) is 0 Å². The second-order valence-corrected chi connectivity index (χ2v) is 8.42. The van der Waals surface area contributed by atoms with E-state index in [1.165, 1.54) is 11.8 Å². The van der Waals surface area contributed by atoms with Gasteiger partial charge in [0.2, 0.25) is 11.1 Å². The van der Waals surface area contributed by atoms with Crippen molar-refractivity contribution < 1.29 is 9.53 Å².